The largest absolute Gasteiger partial charge is 0.395 e. The number of hydrogen-bond donors (Lipinski definition) is 2. The van der Waals surface area contributed by atoms with Crippen LogP contribution in [0, 0.1) is 5.41 Å². The molecule has 0 unspecified atom stereocenters. The average molecular weight is 157 g/mol. The first-order valence-electron chi connectivity index (χ1n) is 4.14. The molecule has 11 heavy (non-hydrogen) atoms. The second-order valence-electron chi connectivity index (χ2n) is 3.19. The Hall–Kier alpha value is -0.570. The first-order chi connectivity index (χ1) is 5.25. The maximum Gasteiger partial charge on any atom is 0.228 e. The molecule has 0 aromatic carbocycles. The molecule has 0 saturated carbocycles. The van der Waals surface area contributed by atoms with E-state index in [1.807, 2.05) is 6.92 Å². The summed E-state index contributed by atoms with van der Waals surface area (Å²) in [4.78, 5) is 11.2. The van der Waals surface area contributed by atoms with Crippen LogP contribution in [0.25, 0.3) is 0 Å². The van der Waals surface area contributed by atoms with Gasteiger partial charge >= 0.3 is 0 Å². The maximum atomic E-state index is 11.2. The molecule has 3 nitrogen and oxygen atoms in total. The van der Waals surface area contributed by atoms with Gasteiger partial charge in [0.1, 0.15) is 0 Å². The van der Waals surface area contributed by atoms with E-state index in [4.69, 9.17) is 5.11 Å². The Labute approximate surface area is 66.8 Å². The second-order valence-corrected chi connectivity index (χ2v) is 3.19. The summed E-state index contributed by atoms with van der Waals surface area (Å²) in [5.74, 6) is 0.0295. The number of hydrogen-bond acceptors (Lipinski definition) is 2. The molecule has 0 bridgehead atoms. The quantitative estimate of drug-likeness (QED) is 0.618. The monoisotopic (exact) mass is 157 g/mol. The first kappa shape index (κ1) is 8.53. The lowest BCUT2D eigenvalue weighted by Gasteiger charge is -2.21. The van der Waals surface area contributed by atoms with E-state index in [-0.39, 0.29) is 12.5 Å². The number of carbonyl (C=O) groups excluding carboxylic acids is 1. The van der Waals surface area contributed by atoms with Crippen molar-refractivity contribution < 1.29 is 9.90 Å². The highest BCUT2D eigenvalue weighted by Gasteiger charge is 2.40. The van der Waals surface area contributed by atoms with E-state index in [9.17, 15) is 4.79 Å². The van der Waals surface area contributed by atoms with Gasteiger partial charge in [-0.15, -0.1) is 0 Å². The fraction of sp³-hybridized carbons (Fsp3) is 0.875. The van der Waals surface area contributed by atoms with Gasteiger partial charge in [-0.2, -0.15) is 0 Å². The van der Waals surface area contributed by atoms with Crippen molar-refractivity contribution >= 4 is 5.91 Å². The van der Waals surface area contributed by atoms with E-state index in [0.717, 1.165) is 25.8 Å². The second kappa shape index (κ2) is 3.22. The van der Waals surface area contributed by atoms with Gasteiger partial charge in [-0.1, -0.05) is 13.3 Å². The predicted octanol–water partition coefficient (Wildman–Crippen LogP) is 0.285. The number of amides is 1. The van der Waals surface area contributed by atoms with Crippen LogP contribution in [0.4, 0.5) is 0 Å². The number of aliphatic hydroxyl groups excluding tert-OH is 1. The van der Waals surface area contributed by atoms with Crippen molar-refractivity contribution in [2.45, 2.75) is 26.2 Å². The summed E-state index contributed by atoms with van der Waals surface area (Å²) in [6.45, 7) is 2.75. The van der Waals surface area contributed by atoms with Crippen LogP contribution >= 0.6 is 0 Å². The molecule has 0 aliphatic carbocycles. The number of aliphatic hydroxyl groups is 1. The molecule has 0 aromatic heterocycles. The van der Waals surface area contributed by atoms with Crippen LogP contribution in [0.2, 0.25) is 0 Å². The van der Waals surface area contributed by atoms with E-state index >= 15 is 0 Å². The van der Waals surface area contributed by atoms with Gasteiger partial charge in [0.25, 0.3) is 0 Å². The lowest BCUT2D eigenvalue weighted by atomic mass is 9.83. The molecule has 1 fully saturated rings. The Morgan fingerprint density at radius 2 is 2.45 bits per heavy atom. The Balaban J connectivity index is 2.65. The molecule has 3 heteroatoms. The Kier molecular flexibility index (Phi) is 2.49. The van der Waals surface area contributed by atoms with Crippen molar-refractivity contribution in [1.29, 1.82) is 0 Å². The van der Waals surface area contributed by atoms with E-state index in [1.54, 1.807) is 0 Å². The van der Waals surface area contributed by atoms with E-state index in [0.29, 0.717) is 0 Å². The third-order valence-corrected chi connectivity index (χ3v) is 2.40. The van der Waals surface area contributed by atoms with Gasteiger partial charge in [0.2, 0.25) is 5.91 Å². The zero-order valence-corrected chi connectivity index (χ0v) is 6.89. The van der Waals surface area contributed by atoms with E-state index in [1.165, 1.54) is 0 Å². The molecule has 1 rings (SSSR count). The van der Waals surface area contributed by atoms with Gasteiger partial charge in [0.05, 0.1) is 12.0 Å². The van der Waals surface area contributed by atoms with Gasteiger partial charge < -0.3 is 10.4 Å². The molecule has 0 radical (unpaired) electrons. The highest BCUT2D eigenvalue weighted by Crippen LogP contribution is 2.31. The summed E-state index contributed by atoms with van der Waals surface area (Å²) in [6.07, 6.45) is 2.54. The van der Waals surface area contributed by atoms with Crippen LogP contribution in [-0.2, 0) is 4.79 Å². The van der Waals surface area contributed by atoms with Crippen molar-refractivity contribution in [3.05, 3.63) is 0 Å². The fourth-order valence-corrected chi connectivity index (χ4v) is 1.66. The van der Waals surface area contributed by atoms with Crippen molar-refractivity contribution in [2.75, 3.05) is 13.2 Å². The van der Waals surface area contributed by atoms with Gasteiger partial charge in [0.15, 0.2) is 0 Å². The van der Waals surface area contributed by atoms with E-state index in [2.05, 4.69) is 5.32 Å². The smallest absolute Gasteiger partial charge is 0.228 e. The molecule has 1 amide bonds. The van der Waals surface area contributed by atoms with Crippen LogP contribution in [0.3, 0.4) is 0 Å². The Morgan fingerprint density at radius 1 is 1.73 bits per heavy atom. The van der Waals surface area contributed by atoms with Crippen molar-refractivity contribution in [2.24, 2.45) is 5.41 Å². The molecule has 64 valence electrons. The van der Waals surface area contributed by atoms with Crippen molar-refractivity contribution in [3.8, 4) is 0 Å². The normalized spacial score (nSPS) is 30.5. The van der Waals surface area contributed by atoms with Gasteiger partial charge in [-0.25, -0.2) is 0 Å². The molecule has 1 heterocycles. The number of nitrogens with one attached hydrogen (secondary N) is 1. The summed E-state index contributed by atoms with van der Waals surface area (Å²) >= 11 is 0. The standard InChI is InChI=1S/C8H15NO2/c1-2-3-8(6-10)4-5-9-7(8)11/h10H,2-6H2,1H3,(H,9,11)/t8-/m0/s1. The summed E-state index contributed by atoms with van der Waals surface area (Å²) < 4.78 is 0. The number of carbonyl (C=O) groups is 1. The number of rotatable bonds is 3. The Bertz CT molecular complexity index is 158. The zero-order valence-electron chi connectivity index (χ0n) is 6.89. The van der Waals surface area contributed by atoms with Gasteiger partial charge in [-0.3, -0.25) is 4.79 Å². The summed E-state index contributed by atoms with van der Waals surface area (Å²) in [7, 11) is 0. The maximum absolute atomic E-state index is 11.2. The van der Waals surface area contributed by atoms with Crippen molar-refractivity contribution in [1.82, 2.24) is 5.32 Å². The molecule has 1 saturated heterocycles. The van der Waals surface area contributed by atoms with Crippen LogP contribution in [0.15, 0.2) is 0 Å². The zero-order chi connectivity index (χ0) is 8.32. The molecule has 1 aliphatic rings. The third kappa shape index (κ3) is 1.38. The predicted molar refractivity (Wildman–Crippen MR) is 42.1 cm³/mol. The van der Waals surface area contributed by atoms with E-state index < -0.39 is 5.41 Å². The van der Waals surface area contributed by atoms with Crippen molar-refractivity contribution in [3.63, 3.8) is 0 Å². The lowest BCUT2D eigenvalue weighted by molar-refractivity contribution is -0.130. The summed E-state index contributed by atoms with van der Waals surface area (Å²) in [5, 5.41) is 11.8. The molecule has 0 spiro atoms. The minimum atomic E-state index is -0.450. The third-order valence-electron chi connectivity index (χ3n) is 2.40. The molecule has 0 aromatic rings. The summed E-state index contributed by atoms with van der Waals surface area (Å²) in [5.41, 5.74) is -0.450. The molecule has 1 atom stereocenters. The van der Waals surface area contributed by atoms with Crippen LogP contribution < -0.4 is 5.32 Å². The van der Waals surface area contributed by atoms with Gasteiger partial charge in [0, 0.05) is 6.54 Å². The molecular formula is C8H15NO2. The fourth-order valence-electron chi connectivity index (χ4n) is 1.66. The summed E-state index contributed by atoms with van der Waals surface area (Å²) in [6, 6.07) is 0. The molecular weight excluding hydrogens is 142 g/mol. The van der Waals surface area contributed by atoms with Gasteiger partial charge in [-0.05, 0) is 12.8 Å². The topological polar surface area (TPSA) is 49.3 Å². The highest BCUT2D eigenvalue weighted by molar-refractivity contribution is 5.84. The first-order valence-corrected chi connectivity index (χ1v) is 4.14. The molecule has 2 N–H and O–H groups in total. The molecule has 1 aliphatic heterocycles. The SMILES string of the molecule is CCC[C@@]1(CO)CCNC1=O. The lowest BCUT2D eigenvalue weighted by Crippen LogP contribution is -2.34. The minimum Gasteiger partial charge on any atom is -0.395 e. The average Bonchev–Trinajstić information content (AvgIpc) is 2.35. The highest BCUT2D eigenvalue weighted by atomic mass is 16.3. The van der Waals surface area contributed by atoms with Crippen LogP contribution in [0.5, 0.6) is 0 Å². The Morgan fingerprint density at radius 3 is 2.82 bits per heavy atom. The van der Waals surface area contributed by atoms with Crippen LogP contribution in [0.1, 0.15) is 26.2 Å². The van der Waals surface area contributed by atoms with Crippen LogP contribution in [-0.4, -0.2) is 24.2 Å². The minimum absolute atomic E-state index is 0.00727.